The van der Waals surface area contributed by atoms with Gasteiger partial charge in [0.15, 0.2) is 9.84 Å². The van der Waals surface area contributed by atoms with E-state index in [-0.39, 0.29) is 32.8 Å². The van der Waals surface area contributed by atoms with Crippen LogP contribution < -0.4 is 5.32 Å². The number of phenols is 1. The standard InChI is InChI=1S/C30H41N3O7S2/c1-5-6-7-8-9-10-11-12-13-14-18-39-28(36)21(3)41-30-33-32-29(40-30)31-27(35)23-19-24(42(4,37)38)25-20(2)16-15-17-22(25)26(23)34/h15-17,19,21,34H,5-14,18H2,1-4H3,(H,31,32,35). The van der Waals surface area contributed by atoms with Crippen LogP contribution in [0.2, 0.25) is 0 Å². The molecule has 3 rings (SSSR count). The van der Waals surface area contributed by atoms with E-state index in [0.29, 0.717) is 17.6 Å². The summed E-state index contributed by atoms with van der Waals surface area (Å²) < 4.78 is 35.8. The Morgan fingerprint density at radius 3 is 2.33 bits per heavy atom. The number of hydrogen-bond donors (Lipinski definition) is 2. The molecule has 0 aliphatic rings. The molecular weight excluding hydrogens is 578 g/mol. The molecule has 1 aromatic heterocycles. The number of nitrogens with zero attached hydrogens (tertiary/aromatic N) is 2. The van der Waals surface area contributed by atoms with Gasteiger partial charge in [0.25, 0.3) is 11.1 Å². The van der Waals surface area contributed by atoms with Crippen LogP contribution in [-0.2, 0) is 19.4 Å². The largest absolute Gasteiger partial charge is 0.506 e. The highest BCUT2D eigenvalue weighted by molar-refractivity contribution is 8.00. The Bertz CT molecular complexity index is 1470. The van der Waals surface area contributed by atoms with Crippen molar-refractivity contribution in [2.75, 3.05) is 18.2 Å². The van der Waals surface area contributed by atoms with Gasteiger partial charge in [0.1, 0.15) is 11.0 Å². The number of ether oxygens (including phenoxy) is 1. The summed E-state index contributed by atoms with van der Waals surface area (Å²) in [6, 6.07) is 5.80. The lowest BCUT2D eigenvalue weighted by molar-refractivity contribution is -0.142. The van der Waals surface area contributed by atoms with Crippen LogP contribution in [0.15, 0.2) is 38.8 Å². The third kappa shape index (κ3) is 9.45. The van der Waals surface area contributed by atoms with Crippen LogP contribution in [0.25, 0.3) is 10.8 Å². The van der Waals surface area contributed by atoms with E-state index in [1.54, 1.807) is 32.0 Å². The minimum atomic E-state index is -3.72. The number of amides is 1. The van der Waals surface area contributed by atoms with Gasteiger partial charge in [-0.05, 0) is 31.9 Å². The second kappa shape index (κ2) is 15.9. The number of rotatable bonds is 17. The minimum Gasteiger partial charge on any atom is -0.506 e. The van der Waals surface area contributed by atoms with Crippen molar-refractivity contribution in [2.24, 2.45) is 0 Å². The van der Waals surface area contributed by atoms with Gasteiger partial charge in [0.05, 0.1) is 17.1 Å². The molecule has 3 aromatic rings. The number of sulfone groups is 1. The summed E-state index contributed by atoms with van der Waals surface area (Å²) in [6.07, 6.45) is 13.0. The predicted molar refractivity (Wildman–Crippen MR) is 164 cm³/mol. The van der Waals surface area contributed by atoms with E-state index in [4.69, 9.17) is 9.15 Å². The number of phenolic OH excluding ortho intramolecular Hbond substituents is 1. The Balaban J connectivity index is 1.49. The molecule has 1 atom stereocenters. The minimum absolute atomic E-state index is 0.0452. The van der Waals surface area contributed by atoms with Crippen LogP contribution in [0.4, 0.5) is 6.01 Å². The third-order valence-corrected chi connectivity index (χ3v) is 8.96. The zero-order valence-corrected chi connectivity index (χ0v) is 26.4. The molecular formula is C30H41N3O7S2. The smallest absolute Gasteiger partial charge is 0.323 e. The number of anilines is 1. The highest BCUT2D eigenvalue weighted by Crippen LogP contribution is 2.36. The summed E-state index contributed by atoms with van der Waals surface area (Å²) in [5.74, 6) is -1.60. The molecule has 0 saturated heterocycles. The predicted octanol–water partition coefficient (Wildman–Crippen LogP) is 6.84. The normalized spacial score (nSPS) is 12.4. The number of nitrogens with one attached hydrogen (secondary N) is 1. The number of thioether (sulfide) groups is 1. The second-order valence-electron chi connectivity index (χ2n) is 10.5. The van der Waals surface area contributed by atoms with E-state index >= 15 is 0 Å². The van der Waals surface area contributed by atoms with Crippen LogP contribution >= 0.6 is 11.8 Å². The van der Waals surface area contributed by atoms with Gasteiger partial charge < -0.3 is 14.3 Å². The zero-order chi connectivity index (χ0) is 30.7. The molecule has 12 heteroatoms. The van der Waals surface area contributed by atoms with Gasteiger partial charge in [-0.15, -0.1) is 0 Å². The van der Waals surface area contributed by atoms with Gasteiger partial charge in [-0.2, -0.15) is 0 Å². The summed E-state index contributed by atoms with van der Waals surface area (Å²) >= 11 is 0.996. The van der Waals surface area contributed by atoms with Crippen molar-refractivity contribution in [3.63, 3.8) is 0 Å². The summed E-state index contributed by atoms with van der Waals surface area (Å²) in [4.78, 5) is 25.3. The van der Waals surface area contributed by atoms with E-state index in [1.165, 1.54) is 44.9 Å². The molecule has 0 aliphatic heterocycles. The highest BCUT2D eigenvalue weighted by Gasteiger charge is 2.25. The average Bonchev–Trinajstić information content (AvgIpc) is 3.37. The molecule has 230 valence electrons. The Morgan fingerprint density at radius 2 is 1.69 bits per heavy atom. The lowest BCUT2D eigenvalue weighted by Crippen LogP contribution is -2.17. The van der Waals surface area contributed by atoms with E-state index in [2.05, 4.69) is 22.4 Å². The summed E-state index contributed by atoms with van der Waals surface area (Å²) in [7, 11) is -3.72. The number of fused-ring (bicyclic) bond motifs is 1. The fourth-order valence-electron chi connectivity index (χ4n) is 4.63. The van der Waals surface area contributed by atoms with Crippen molar-refractivity contribution in [1.82, 2.24) is 10.2 Å². The topological polar surface area (TPSA) is 149 Å². The van der Waals surface area contributed by atoms with Crippen LogP contribution in [0.3, 0.4) is 0 Å². The fourth-order valence-corrected chi connectivity index (χ4v) is 6.28. The number of benzene rings is 2. The van der Waals surface area contributed by atoms with Crippen LogP contribution in [0.1, 0.15) is 94.0 Å². The number of carbonyl (C=O) groups excluding carboxylic acids is 2. The highest BCUT2D eigenvalue weighted by atomic mass is 32.2. The fraction of sp³-hybridized carbons (Fsp3) is 0.533. The number of aryl methyl sites for hydroxylation is 1. The Hall–Kier alpha value is -3.12. The first-order valence-electron chi connectivity index (χ1n) is 14.5. The maximum atomic E-state index is 13.0. The molecule has 1 amide bonds. The van der Waals surface area contributed by atoms with Crippen molar-refractivity contribution in [3.05, 3.63) is 35.4 Å². The van der Waals surface area contributed by atoms with Gasteiger partial charge in [-0.3, -0.25) is 14.9 Å². The number of carbonyl (C=O) groups is 2. The number of aromatic hydroxyl groups is 1. The molecule has 0 saturated carbocycles. The van der Waals surface area contributed by atoms with Crippen molar-refractivity contribution >= 4 is 50.3 Å². The Morgan fingerprint density at radius 1 is 1.05 bits per heavy atom. The van der Waals surface area contributed by atoms with Gasteiger partial charge in [-0.1, -0.05) is 105 Å². The van der Waals surface area contributed by atoms with Gasteiger partial charge in [0, 0.05) is 17.0 Å². The summed E-state index contributed by atoms with van der Waals surface area (Å²) in [5.41, 5.74) is 0.384. The summed E-state index contributed by atoms with van der Waals surface area (Å²) in [5, 5.41) is 20.8. The van der Waals surface area contributed by atoms with Gasteiger partial charge >= 0.3 is 12.0 Å². The monoisotopic (exact) mass is 619 g/mol. The SMILES string of the molecule is CCCCCCCCCCCCOC(=O)C(C)Sc1nnc(NC(=O)c2cc(S(C)(=O)=O)c3c(C)cccc3c2O)o1. The van der Waals surface area contributed by atoms with Crippen molar-refractivity contribution < 1.29 is 32.3 Å². The Labute approximate surface area is 251 Å². The molecule has 0 fully saturated rings. The first-order valence-corrected chi connectivity index (χ1v) is 17.2. The molecule has 0 radical (unpaired) electrons. The summed E-state index contributed by atoms with van der Waals surface area (Å²) in [6.45, 7) is 5.97. The van der Waals surface area contributed by atoms with E-state index in [0.717, 1.165) is 43.3 Å². The number of aromatic nitrogens is 2. The van der Waals surface area contributed by atoms with E-state index in [1.807, 2.05) is 0 Å². The second-order valence-corrected chi connectivity index (χ2v) is 13.8. The van der Waals surface area contributed by atoms with Crippen molar-refractivity contribution in [2.45, 2.75) is 100 Å². The van der Waals surface area contributed by atoms with Crippen LogP contribution in [-0.4, -0.2) is 53.7 Å². The third-order valence-electron chi connectivity index (χ3n) is 6.93. The molecule has 1 heterocycles. The van der Waals surface area contributed by atoms with Gasteiger partial charge in [-0.25, -0.2) is 8.42 Å². The molecule has 42 heavy (non-hydrogen) atoms. The number of hydrogen-bond acceptors (Lipinski definition) is 10. The molecule has 1 unspecified atom stereocenters. The van der Waals surface area contributed by atoms with Crippen LogP contribution in [0, 0.1) is 6.92 Å². The maximum absolute atomic E-state index is 13.0. The quantitative estimate of drug-likeness (QED) is 0.0934. The Kier molecular flexibility index (Phi) is 12.7. The average molecular weight is 620 g/mol. The molecule has 2 aromatic carbocycles. The van der Waals surface area contributed by atoms with E-state index < -0.39 is 27.0 Å². The number of esters is 1. The zero-order valence-electron chi connectivity index (χ0n) is 24.8. The number of unbranched alkanes of at least 4 members (excludes halogenated alkanes) is 9. The van der Waals surface area contributed by atoms with Crippen molar-refractivity contribution in [1.29, 1.82) is 0 Å². The molecule has 2 N–H and O–H groups in total. The first kappa shape index (κ1) is 33.4. The molecule has 0 aliphatic carbocycles. The van der Waals surface area contributed by atoms with Crippen molar-refractivity contribution in [3.8, 4) is 5.75 Å². The van der Waals surface area contributed by atoms with Crippen LogP contribution in [0.5, 0.6) is 5.75 Å². The molecule has 0 bridgehead atoms. The molecule has 10 nitrogen and oxygen atoms in total. The lowest BCUT2D eigenvalue weighted by Gasteiger charge is -2.13. The maximum Gasteiger partial charge on any atom is 0.323 e. The molecule has 0 spiro atoms. The van der Waals surface area contributed by atoms with E-state index in [9.17, 15) is 23.1 Å². The lowest BCUT2D eigenvalue weighted by atomic mass is 10.0. The van der Waals surface area contributed by atoms with Gasteiger partial charge in [0.2, 0.25) is 0 Å². The first-order chi connectivity index (χ1) is 20.0.